The van der Waals surface area contributed by atoms with Crippen LogP contribution in [0.2, 0.25) is 0 Å². The lowest BCUT2D eigenvalue weighted by molar-refractivity contribution is -0.289. The van der Waals surface area contributed by atoms with E-state index in [0.717, 1.165) is 82.0 Å². The van der Waals surface area contributed by atoms with Gasteiger partial charge < -0.3 is 14.2 Å². The maximum Gasteiger partial charge on any atom is 0.403 e. The minimum Gasteiger partial charge on any atom is -0.493 e. The van der Waals surface area contributed by atoms with Gasteiger partial charge in [-0.3, -0.25) is 4.79 Å². The van der Waals surface area contributed by atoms with Crippen molar-refractivity contribution in [2.45, 2.75) is 101 Å². The maximum absolute atomic E-state index is 13.6. The third kappa shape index (κ3) is 10.9. The zero-order valence-electron chi connectivity index (χ0n) is 38.1. The molecule has 5 atom stereocenters. The predicted molar refractivity (Wildman–Crippen MR) is 255 cm³/mol. The second-order valence-corrected chi connectivity index (χ2v) is 19.1. The van der Waals surface area contributed by atoms with Crippen molar-refractivity contribution in [3.05, 3.63) is 179 Å². The fourth-order valence-corrected chi connectivity index (χ4v) is 10.5. The highest BCUT2D eigenvalue weighted by Gasteiger charge is 2.57. The number of halogens is 6. The monoisotopic (exact) mass is 928 g/mol. The van der Waals surface area contributed by atoms with Crippen LogP contribution in [-0.4, -0.2) is 30.3 Å². The van der Waals surface area contributed by atoms with Crippen LogP contribution in [0.3, 0.4) is 0 Å². The fourth-order valence-electron chi connectivity index (χ4n) is 10.5. The number of ketones is 1. The minimum absolute atomic E-state index is 0.00237. The maximum atomic E-state index is 13.6. The van der Waals surface area contributed by atoms with Crippen molar-refractivity contribution < 1.29 is 45.3 Å². The molecule has 352 valence electrons. The molecule has 10 heteroatoms. The van der Waals surface area contributed by atoms with E-state index in [0.29, 0.717) is 22.6 Å². The van der Waals surface area contributed by atoms with Gasteiger partial charge in [0.1, 0.15) is 35.2 Å². The molecule has 0 aliphatic heterocycles. The molecular formula is C58H54F6O4. The molecule has 0 N–H and O–H groups in total. The van der Waals surface area contributed by atoms with Crippen LogP contribution < -0.4 is 14.2 Å². The molecule has 0 spiro atoms. The van der Waals surface area contributed by atoms with E-state index in [2.05, 4.69) is 50.2 Å². The van der Waals surface area contributed by atoms with Crippen molar-refractivity contribution in [2.75, 3.05) is 6.61 Å². The van der Waals surface area contributed by atoms with Crippen molar-refractivity contribution in [1.82, 2.24) is 0 Å². The van der Waals surface area contributed by atoms with Gasteiger partial charge in [-0.2, -0.15) is 26.3 Å². The van der Waals surface area contributed by atoms with Crippen LogP contribution in [-0.2, 0) is 0 Å². The Morgan fingerprint density at radius 2 is 1.10 bits per heavy atom. The summed E-state index contributed by atoms with van der Waals surface area (Å²) in [6, 6.07) is 48.2. The minimum atomic E-state index is -5.47. The molecule has 2 saturated carbocycles. The second-order valence-electron chi connectivity index (χ2n) is 19.1. The zero-order chi connectivity index (χ0) is 47.6. The van der Waals surface area contributed by atoms with Crippen LogP contribution in [0.4, 0.5) is 26.3 Å². The third-order valence-electron chi connectivity index (χ3n) is 14.3. The number of carbonyl (C=O) groups excluding carboxylic acids is 1. The quantitative estimate of drug-likeness (QED) is 0.0715. The summed E-state index contributed by atoms with van der Waals surface area (Å²) in [6.45, 7) is 2.73. The van der Waals surface area contributed by atoms with E-state index in [1.165, 1.54) is 31.4 Å². The number of rotatable bonds is 16. The molecule has 0 radical (unpaired) electrons. The van der Waals surface area contributed by atoms with Crippen molar-refractivity contribution in [3.8, 4) is 23.0 Å². The Kier molecular flexibility index (Phi) is 13.3. The number of ether oxygens (including phenoxy) is 3. The number of fused-ring (bicyclic) bond motifs is 4. The van der Waals surface area contributed by atoms with Crippen LogP contribution >= 0.6 is 0 Å². The molecule has 2 aliphatic carbocycles. The van der Waals surface area contributed by atoms with Crippen molar-refractivity contribution in [3.63, 3.8) is 0 Å². The van der Waals surface area contributed by atoms with Crippen molar-refractivity contribution in [1.29, 1.82) is 0 Å². The van der Waals surface area contributed by atoms with Crippen LogP contribution in [0, 0.1) is 11.8 Å². The molecule has 2 fully saturated rings. The zero-order valence-corrected chi connectivity index (χ0v) is 38.1. The van der Waals surface area contributed by atoms with Crippen LogP contribution in [0.25, 0.3) is 21.5 Å². The van der Waals surface area contributed by atoms with Crippen LogP contribution in [0.5, 0.6) is 23.0 Å². The molecule has 7 aromatic rings. The van der Waals surface area contributed by atoms with E-state index in [4.69, 9.17) is 14.2 Å². The Hall–Kier alpha value is -6.29. The van der Waals surface area contributed by atoms with Crippen LogP contribution in [0.1, 0.15) is 116 Å². The van der Waals surface area contributed by atoms with E-state index in [1.807, 2.05) is 91.0 Å². The van der Waals surface area contributed by atoms with E-state index >= 15 is 0 Å². The highest BCUT2D eigenvalue weighted by molar-refractivity contribution is 6.12. The predicted octanol–water partition coefficient (Wildman–Crippen LogP) is 16.7. The smallest absolute Gasteiger partial charge is 0.403 e. The van der Waals surface area contributed by atoms with Crippen molar-refractivity contribution in [2.24, 2.45) is 11.8 Å². The lowest BCUT2D eigenvalue weighted by Crippen LogP contribution is -2.40. The summed E-state index contributed by atoms with van der Waals surface area (Å²) in [7, 11) is 0. The topological polar surface area (TPSA) is 44.8 Å². The van der Waals surface area contributed by atoms with E-state index in [-0.39, 0.29) is 34.9 Å². The largest absolute Gasteiger partial charge is 0.493 e. The molecule has 4 nitrogen and oxygen atoms in total. The Bertz CT molecular complexity index is 2840. The average Bonchev–Trinajstić information content (AvgIpc) is 3.61. The van der Waals surface area contributed by atoms with Crippen molar-refractivity contribution >= 4 is 27.3 Å². The number of benzene rings is 7. The Balaban J connectivity index is 0.884. The van der Waals surface area contributed by atoms with Gasteiger partial charge >= 0.3 is 12.4 Å². The Morgan fingerprint density at radius 3 is 1.74 bits per heavy atom. The summed E-state index contributed by atoms with van der Waals surface area (Å²) in [6.07, 6.45) is -2.41. The summed E-state index contributed by atoms with van der Waals surface area (Å²) >= 11 is 0. The number of hydrogen-bond acceptors (Lipinski definition) is 4. The molecule has 0 amide bonds. The first kappa shape index (κ1) is 46.8. The number of carbonyl (C=O) groups is 1. The summed E-state index contributed by atoms with van der Waals surface area (Å²) in [5.41, 5.74) is 4.35. The molecule has 9 rings (SSSR count). The standard InChI is InChI=1S/C58H54F6O4/c1-37(40-13-20-50(21-14-40)66-36-54(57(59,60)61)58(62,63)64)30-48(44-17-24-52(25-18-44)68-56-28-5-6-39(35-56)27-29-56)31-38(2)41-15-22-51(23-16-41)67-53-26-19-43-10-12-47(33-49(43)34-53)55(65)46-11-9-42-7-3-4-8-45(42)32-46/h3-4,7-26,32-34,37-39,48,54H,5-6,27-31,35-36H2,1-2H3. The third-order valence-corrected chi connectivity index (χ3v) is 14.3. The Morgan fingerprint density at radius 1 is 0.574 bits per heavy atom. The van der Waals surface area contributed by atoms with Gasteiger partial charge in [-0.1, -0.05) is 111 Å². The van der Waals surface area contributed by atoms with Crippen LogP contribution in [0.15, 0.2) is 152 Å². The fraction of sp³-hybridized carbons (Fsp3) is 0.328. The highest BCUT2D eigenvalue weighted by atomic mass is 19.4. The lowest BCUT2D eigenvalue weighted by atomic mass is 9.79. The normalized spacial score (nSPS) is 18.6. The molecule has 0 aromatic heterocycles. The average molecular weight is 929 g/mol. The van der Waals surface area contributed by atoms with Gasteiger partial charge in [-0.25, -0.2) is 0 Å². The van der Waals surface area contributed by atoms with Gasteiger partial charge in [-0.05, 0) is 168 Å². The van der Waals surface area contributed by atoms with Gasteiger partial charge in [0, 0.05) is 11.1 Å². The second kappa shape index (κ2) is 19.4. The number of hydrogen-bond donors (Lipinski definition) is 0. The molecule has 5 unspecified atom stereocenters. The molecule has 7 aromatic carbocycles. The summed E-state index contributed by atoms with van der Waals surface area (Å²) in [5, 5.41) is 3.98. The summed E-state index contributed by atoms with van der Waals surface area (Å²) < 4.78 is 96.8. The first-order chi connectivity index (χ1) is 32.6. The SMILES string of the molecule is CC(CC(CC(C)c1ccc(Oc2ccc3ccc(C(=O)c4ccc5ccccc5c4)cc3c2)cc1)c1ccc(OC23CCCC(CC2)C3)cc1)c1ccc(OCC(C(F)(F)F)C(F)(F)F)cc1. The van der Waals surface area contributed by atoms with Gasteiger partial charge in [0.25, 0.3) is 0 Å². The molecule has 0 heterocycles. The first-order valence-corrected chi connectivity index (χ1v) is 23.6. The first-order valence-electron chi connectivity index (χ1n) is 23.6. The summed E-state index contributed by atoms with van der Waals surface area (Å²) in [5.74, 6) is -0.491. The number of alkyl halides is 6. The molecule has 0 saturated heterocycles. The van der Waals surface area contributed by atoms with Gasteiger partial charge in [0.05, 0.1) is 0 Å². The molecule has 2 bridgehead atoms. The molecule has 2 aliphatic rings. The molecular weight excluding hydrogens is 875 g/mol. The Labute approximate surface area is 393 Å². The van der Waals surface area contributed by atoms with Gasteiger partial charge in [-0.15, -0.1) is 0 Å². The van der Waals surface area contributed by atoms with E-state index in [1.54, 1.807) is 12.1 Å². The van der Waals surface area contributed by atoms with Gasteiger partial charge in [0.2, 0.25) is 0 Å². The molecule has 68 heavy (non-hydrogen) atoms. The van der Waals surface area contributed by atoms with E-state index < -0.39 is 24.9 Å². The lowest BCUT2D eigenvalue weighted by Gasteiger charge is -2.34. The summed E-state index contributed by atoms with van der Waals surface area (Å²) in [4.78, 5) is 13.6. The highest BCUT2D eigenvalue weighted by Crippen LogP contribution is 2.48. The van der Waals surface area contributed by atoms with E-state index in [9.17, 15) is 31.1 Å². The van der Waals surface area contributed by atoms with Gasteiger partial charge in [0.15, 0.2) is 11.7 Å².